The van der Waals surface area contributed by atoms with Gasteiger partial charge in [0, 0.05) is 22.8 Å². The summed E-state index contributed by atoms with van der Waals surface area (Å²) in [5.41, 5.74) is 3.47. The SMILES string of the molecule is Cc1ccn(-c2ccc(Br)cc2CNC(C)(C)C)n1. The van der Waals surface area contributed by atoms with Crippen LogP contribution in [0.1, 0.15) is 32.0 Å². The molecule has 3 nitrogen and oxygen atoms in total. The normalized spacial score (nSPS) is 11.8. The summed E-state index contributed by atoms with van der Waals surface area (Å²) in [5, 5.41) is 8.01. The Bertz CT molecular complexity index is 567. The van der Waals surface area contributed by atoms with Crippen LogP contribution in [0.2, 0.25) is 0 Å². The van der Waals surface area contributed by atoms with Crippen molar-refractivity contribution in [1.29, 1.82) is 0 Å². The van der Waals surface area contributed by atoms with Gasteiger partial charge in [-0.1, -0.05) is 15.9 Å². The van der Waals surface area contributed by atoms with E-state index in [0.29, 0.717) is 0 Å². The van der Waals surface area contributed by atoms with Crippen molar-refractivity contribution < 1.29 is 0 Å². The molecule has 19 heavy (non-hydrogen) atoms. The van der Waals surface area contributed by atoms with Crippen molar-refractivity contribution in [2.45, 2.75) is 39.8 Å². The number of halogens is 1. The molecule has 2 rings (SSSR count). The maximum absolute atomic E-state index is 4.49. The van der Waals surface area contributed by atoms with E-state index in [9.17, 15) is 0 Å². The second-order valence-electron chi connectivity index (χ2n) is 5.78. The van der Waals surface area contributed by atoms with Crippen LogP contribution in [-0.4, -0.2) is 15.3 Å². The van der Waals surface area contributed by atoms with Crippen LogP contribution < -0.4 is 5.32 Å². The molecule has 0 saturated carbocycles. The molecule has 1 heterocycles. The molecule has 0 aliphatic carbocycles. The van der Waals surface area contributed by atoms with Crippen LogP contribution in [-0.2, 0) is 6.54 Å². The number of hydrogen-bond acceptors (Lipinski definition) is 2. The Morgan fingerprint density at radius 3 is 2.58 bits per heavy atom. The third kappa shape index (κ3) is 3.91. The zero-order chi connectivity index (χ0) is 14.0. The van der Waals surface area contributed by atoms with Gasteiger partial charge in [-0.05, 0) is 57.5 Å². The number of aryl methyl sites for hydroxylation is 1. The van der Waals surface area contributed by atoms with Gasteiger partial charge < -0.3 is 5.32 Å². The molecular formula is C15H20BrN3. The maximum Gasteiger partial charge on any atom is 0.0691 e. The first-order chi connectivity index (χ1) is 8.85. The Kier molecular flexibility index (Phi) is 4.11. The predicted molar refractivity (Wildman–Crippen MR) is 82.6 cm³/mol. The monoisotopic (exact) mass is 321 g/mol. The quantitative estimate of drug-likeness (QED) is 0.931. The minimum absolute atomic E-state index is 0.0968. The average molecular weight is 322 g/mol. The minimum atomic E-state index is 0.0968. The Hall–Kier alpha value is -1.13. The van der Waals surface area contributed by atoms with Gasteiger partial charge in [-0.15, -0.1) is 0 Å². The molecule has 1 N–H and O–H groups in total. The molecule has 4 heteroatoms. The van der Waals surface area contributed by atoms with E-state index in [-0.39, 0.29) is 5.54 Å². The molecule has 0 atom stereocenters. The number of aromatic nitrogens is 2. The first-order valence-electron chi connectivity index (χ1n) is 6.41. The molecule has 2 aromatic rings. The number of nitrogens with zero attached hydrogens (tertiary/aromatic N) is 2. The van der Waals surface area contributed by atoms with E-state index >= 15 is 0 Å². The fourth-order valence-corrected chi connectivity index (χ4v) is 2.24. The molecule has 0 aliphatic rings. The second-order valence-corrected chi connectivity index (χ2v) is 6.69. The maximum atomic E-state index is 4.49. The van der Waals surface area contributed by atoms with E-state index in [1.807, 2.05) is 29.9 Å². The number of nitrogens with one attached hydrogen (secondary N) is 1. The van der Waals surface area contributed by atoms with Gasteiger partial charge in [0.1, 0.15) is 0 Å². The van der Waals surface area contributed by atoms with Crippen molar-refractivity contribution in [3.05, 3.63) is 46.2 Å². The lowest BCUT2D eigenvalue weighted by molar-refractivity contribution is 0.423. The molecule has 1 aromatic carbocycles. The molecule has 0 spiro atoms. The second kappa shape index (κ2) is 5.47. The first-order valence-corrected chi connectivity index (χ1v) is 7.20. The molecule has 0 aliphatic heterocycles. The van der Waals surface area contributed by atoms with Gasteiger partial charge in [-0.2, -0.15) is 5.10 Å². The molecule has 0 fully saturated rings. The highest BCUT2D eigenvalue weighted by Gasteiger charge is 2.12. The molecule has 102 valence electrons. The van der Waals surface area contributed by atoms with Crippen LogP contribution in [0.4, 0.5) is 0 Å². The van der Waals surface area contributed by atoms with Gasteiger partial charge in [0.05, 0.1) is 11.4 Å². The van der Waals surface area contributed by atoms with Gasteiger partial charge in [-0.25, -0.2) is 4.68 Å². The molecule has 0 radical (unpaired) electrons. The van der Waals surface area contributed by atoms with Crippen molar-refractivity contribution in [2.75, 3.05) is 0 Å². The number of benzene rings is 1. The van der Waals surface area contributed by atoms with Gasteiger partial charge >= 0.3 is 0 Å². The van der Waals surface area contributed by atoms with E-state index in [1.165, 1.54) is 5.56 Å². The molecule has 1 aromatic heterocycles. The highest BCUT2D eigenvalue weighted by molar-refractivity contribution is 9.10. The van der Waals surface area contributed by atoms with Crippen molar-refractivity contribution in [1.82, 2.24) is 15.1 Å². The highest BCUT2D eigenvalue weighted by Crippen LogP contribution is 2.20. The van der Waals surface area contributed by atoms with Gasteiger partial charge in [0.2, 0.25) is 0 Å². The van der Waals surface area contributed by atoms with E-state index < -0.39 is 0 Å². The first kappa shape index (κ1) is 14.3. The summed E-state index contributed by atoms with van der Waals surface area (Å²) in [4.78, 5) is 0. The Balaban J connectivity index is 2.33. The topological polar surface area (TPSA) is 29.9 Å². The minimum Gasteiger partial charge on any atom is -0.308 e. The Labute approximate surface area is 123 Å². The molecular weight excluding hydrogens is 302 g/mol. The summed E-state index contributed by atoms with van der Waals surface area (Å²) in [6.07, 6.45) is 2.00. The van der Waals surface area contributed by atoms with Crippen molar-refractivity contribution >= 4 is 15.9 Å². The summed E-state index contributed by atoms with van der Waals surface area (Å²) in [6.45, 7) is 9.33. The van der Waals surface area contributed by atoms with Crippen LogP contribution in [0, 0.1) is 6.92 Å². The van der Waals surface area contributed by atoms with Crippen LogP contribution in [0.3, 0.4) is 0 Å². The summed E-state index contributed by atoms with van der Waals surface area (Å²) in [7, 11) is 0. The van der Waals surface area contributed by atoms with Crippen LogP contribution in [0.25, 0.3) is 5.69 Å². The van der Waals surface area contributed by atoms with Gasteiger partial charge in [-0.3, -0.25) is 0 Å². The van der Waals surface area contributed by atoms with Gasteiger partial charge in [0.15, 0.2) is 0 Å². The van der Waals surface area contributed by atoms with Crippen molar-refractivity contribution in [3.8, 4) is 5.69 Å². The fraction of sp³-hybridized carbons (Fsp3) is 0.400. The van der Waals surface area contributed by atoms with E-state index in [0.717, 1.165) is 22.4 Å². The third-order valence-corrected chi connectivity index (χ3v) is 3.31. The van der Waals surface area contributed by atoms with Gasteiger partial charge in [0.25, 0.3) is 0 Å². The highest BCUT2D eigenvalue weighted by atomic mass is 79.9. The lowest BCUT2D eigenvalue weighted by Crippen LogP contribution is -2.35. The van der Waals surface area contributed by atoms with Crippen LogP contribution in [0.5, 0.6) is 0 Å². The zero-order valence-corrected chi connectivity index (χ0v) is 13.5. The van der Waals surface area contributed by atoms with E-state index in [2.05, 4.69) is 59.2 Å². The van der Waals surface area contributed by atoms with Crippen LogP contribution in [0.15, 0.2) is 34.9 Å². The summed E-state index contributed by atoms with van der Waals surface area (Å²) < 4.78 is 3.02. The smallest absolute Gasteiger partial charge is 0.0691 e. The zero-order valence-electron chi connectivity index (χ0n) is 11.9. The molecule has 0 unspecified atom stereocenters. The predicted octanol–water partition coefficient (Wildman–Crippen LogP) is 3.83. The third-order valence-electron chi connectivity index (χ3n) is 2.82. The summed E-state index contributed by atoms with van der Waals surface area (Å²) in [6, 6.07) is 8.30. The van der Waals surface area contributed by atoms with Crippen LogP contribution >= 0.6 is 15.9 Å². The average Bonchev–Trinajstić information content (AvgIpc) is 2.72. The lowest BCUT2D eigenvalue weighted by Gasteiger charge is -2.21. The summed E-state index contributed by atoms with van der Waals surface area (Å²) >= 11 is 3.54. The molecule has 0 bridgehead atoms. The number of hydrogen-bond donors (Lipinski definition) is 1. The molecule has 0 saturated heterocycles. The largest absolute Gasteiger partial charge is 0.308 e. The fourth-order valence-electron chi connectivity index (χ4n) is 1.83. The summed E-state index contributed by atoms with van der Waals surface area (Å²) in [5.74, 6) is 0. The molecule has 0 amide bonds. The Morgan fingerprint density at radius 2 is 2.00 bits per heavy atom. The Morgan fingerprint density at radius 1 is 1.26 bits per heavy atom. The van der Waals surface area contributed by atoms with E-state index in [1.54, 1.807) is 0 Å². The lowest BCUT2D eigenvalue weighted by atomic mass is 10.1. The van der Waals surface area contributed by atoms with E-state index in [4.69, 9.17) is 0 Å². The van der Waals surface area contributed by atoms with Crippen molar-refractivity contribution in [3.63, 3.8) is 0 Å². The standard InChI is InChI=1S/C15H20BrN3/c1-11-7-8-19(18-11)14-6-5-13(16)9-12(14)10-17-15(2,3)4/h5-9,17H,10H2,1-4H3. The number of rotatable bonds is 3. The van der Waals surface area contributed by atoms with Crippen molar-refractivity contribution in [2.24, 2.45) is 0 Å².